The van der Waals surface area contributed by atoms with E-state index in [9.17, 15) is 0 Å². The maximum Gasteiger partial charge on any atom is 0.0446 e. The molecule has 1 fully saturated rings. The van der Waals surface area contributed by atoms with Crippen molar-refractivity contribution in [3.63, 3.8) is 0 Å². The maximum absolute atomic E-state index is 3.50. The number of piperidine rings is 1. The second-order valence-corrected chi connectivity index (χ2v) is 7.07. The third kappa shape index (κ3) is 4.31. The van der Waals surface area contributed by atoms with Crippen LogP contribution in [-0.2, 0) is 0 Å². The van der Waals surface area contributed by atoms with E-state index in [0.29, 0.717) is 6.04 Å². The smallest absolute Gasteiger partial charge is 0.0446 e. The fraction of sp³-hybridized carbons (Fsp3) is 0.684. The van der Waals surface area contributed by atoms with Crippen LogP contribution >= 0.6 is 0 Å². The molecular weight excluding hydrogens is 256 g/mol. The topological polar surface area (TPSA) is 15.3 Å². The summed E-state index contributed by atoms with van der Waals surface area (Å²) in [6, 6.07) is 7.32. The lowest BCUT2D eigenvalue weighted by molar-refractivity contribution is 0.147. The van der Waals surface area contributed by atoms with Gasteiger partial charge in [0.2, 0.25) is 0 Å². The number of nitrogens with zero attached hydrogens (tertiary/aromatic N) is 1. The molecule has 118 valence electrons. The van der Waals surface area contributed by atoms with Crippen LogP contribution in [0.3, 0.4) is 0 Å². The van der Waals surface area contributed by atoms with Crippen molar-refractivity contribution in [2.24, 2.45) is 11.8 Å². The molecule has 1 saturated heterocycles. The summed E-state index contributed by atoms with van der Waals surface area (Å²) in [5.41, 5.74) is 4.20. The Hall–Kier alpha value is -0.860. The van der Waals surface area contributed by atoms with Gasteiger partial charge in [-0.2, -0.15) is 0 Å². The second-order valence-electron chi connectivity index (χ2n) is 7.07. The number of hydrogen-bond acceptors (Lipinski definition) is 2. The average molecular weight is 288 g/mol. The summed E-state index contributed by atoms with van der Waals surface area (Å²) in [7, 11) is 2.08. The van der Waals surface area contributed by atoms with Crippen LogP contribution in [0.25, 0.3) is 0 Å². The number of hydrogen-bond donors (Lipinski definition) is 1. The van der Waals surface area contributed by atoms with Crippen molar-refractivity contribution in [2.45, 2.75) is 46.6 Å². The van der Waals surface area contributed by atoms with Crippen LogP contribution in [0.2, 0.25) is 0 Å². The zero-order valence-electron chi connectivity index (χ0n) is 14.4. The highest BCUT2D eigenvalue weighted by Crippen LogP contribution is 2.26. The largest absolute Gasteiger partial charge is 0.312 e. The van der Waals surface area contributed by atoms with Gasteiger partial charge in [-0.3, -0.25) is 0 Å². The van der Waals surface area contributed by atoms with Crippen LogP contribution in [0.1, 0.15) is 49.4 Å². The standard InChI is InChI=1S/C19H32N2/c1-14(2)17-8-10-21(11-9-17)13-19(20-5)18-7-6-15(3)16(4)12-18/h6-7,12,14,17,19-20H,8-11,13H2,1-5H3. The number of aryl methyl sites for hydroxylation is 2. The molecule has 1 heterocycles. The summed E-state index contributed by atoms with van der Waals surface area (Å²) in [5, 5.41) is 3.50. The van der Waals surface area contributed by atoms with Gasteiger partial charge in [0.05, 0.1) is 0 Å². The fourth-order valence-corrected chi connectivity index (χ4v) is 3.41. The SMILES string of the molecule is CNC(CN1CCC(C(C)C)CC1)c1ccc(C)c(C)c1. The predicted molar refractivity (Wildman–Crippen MR) is 91.7 cm³/mol. The Morgan fingerprint density at radius 1 is 1.14 bits per heavy atom. The predicted octanol–water partition coefficient (Wildman–Crippen LogP) is 3.93. The number of benzene rings is 1. The van der Waals surface area contributed by atoms with Gasteiger partial charge in [-0.25, -0.2) is 0 Å². The highest BCUT2D eigenvalue weighted by atomic mass is 15.1. The molecule has 0 radical (unpaired) electrons. The van der Waals surface area contributed by atoms with E-state index in [1.807, 2.05) is 0 Å². The molecule has 2 heteroatoms. The third-order valence-electron chi connectivity index (χ3n) is 5.30. The molecule has 1 aliphatic heterocycles. The van der Waals surface area contributed by atoms with E-state index in [1.54, 1.807) is 0 Å². The van der Waals surface area contributed by atoms with Crippen LogP contribution < -0.4 is 5.32 Å². The molecule has 0 spiro atoms. The second kappa shape index (κ2) is 7.42. The van der Waals surface area contributed by atoms with Crippen molar-refractivity contribution in [1.29, 1.82) is 0 Å². The Labute approximate surface area is 130 Å². The molecule has 2 nitrogen and oxygen atoms in total. The number of rotatable bonds is 5. The van der Waals surface area contributed by atoms with Crippen molar-refractivity contribution >= 4 is 0 Å². The Morgan fingerprint density at radius 3 is 2.33 bits per heavy atom. The first-order valence-electron chi connectivity index (χ1n) is 8.48. The number of likely N-dealkylation sites (tertiary alicyclic amines) is 1. The van der Waals surface area contributed by atoms with Crippen molar-refractivity contribution in [3.05, 3.63) is 34.9 Å². The van der Waals surface area contributed by atoms with Gasteiger partial charge >= 0.3 is 0 Å². The van der Waals surface area contributed by atoms with Crippen LogP contribution in [0, 0.1) is 25.7 Å². The summed E-state index contributed by atoms with van der Waals surface area (Å²) < 4.78 is 0. The Bertz CT molecular complexity index is 445. The maximum atomic E-state index is 3.50. The van der Waals surface area contributed by atoms with Crippen LogP contribution in [0.15, 0.2) is 18.2 Å². The van der Waals surface area contributed by atoms with E-state index in [4.69, 9.17) is 0 Å². The molecule has 0 amide bonds. The van der Waals surface area contributed by atoms with E-state index in [1.165, 1.54) is 42.6 Å². The Balaban J connectivity index is 1.95. The summed E-state index contributed by atoms with van der Waals surface area (Å²) >= 11 is 0. The van der Waals surface area contributed by atoms with Crippen LogP contribution in [-0.4, -0.2) is 31.6 Å². The molecule has 1 unspecified atom stereocenters. The highest BCUT2D eigenvalue weighted by Gasteiger charge is 2.23. The number of likely N-dealkylation sites (N-methyl/N-ethyl adjacent to an activating group) is 1. The van der Waals surface area contributed by atoms with Crippen molar-refractivity contribution < 1.29 is 0 Å². The quantitative estimate of drug-likeness (QED) is 0.883. The van der Waals surface area contributed by atoms with Gasteiger partial charge < -0.3 is 10.2 Å². The first-order valence-corrected chi connectivity index (χ1v) is 8.48. The molecule has 21 heavy (non-hydrogen) atoms. The fourth-order valence-electron chi connectivity index (χ4n) is 3.41. The zero-order valence-corrected chi connectivity index (χ0v) is 14.4. The zero-order chi connectivity index (χ0) is 15.4. The molecule has 1 N–H and O–H groups in total. The molecule has 1 aromatic carbocycles. The Morgan fingerprint density at radius 2 is 1.81 bits per heavy atom. The van der Waals surface area contributed by atoms with Gasteiger partial charge in [0.15, 0.2) is 0 Å². The van der Waals surface area contributed by atoms with Crippen molar-refractivity contribution in [3.8, 4) is 0 Å². The summed E-state index contributed by atoms with van der Waals surface area (Å²) in [6.45, 7) is 12.8. The van der Waals surface area contributed by atoms with Crippen molar-refractivity contribution in [1.82, 2.24) is 10.2 Å². The van der Waals surface area contributed by atoms with E-state index in [-0.39, 0.29) is 0 Å². The average Bonchev–Trinajstić information content (AvgIpc) is 2.48. The van der Waals surface area contributed by atoms with Crippen LogP contribution in [0.5, 0.6) is 0 Å². The minimum absolute atomic E-state index is 0.444. The first kappa shape index (κ1) is 16.5. The van der Waals surface area contributed by atoms with Gasteiger partial charge in [-0.1, -0.05) is 32.0 Å². The van der Waals surface area contributed by atoms with Gasteiger partial charge in [-0.05, 0) is 75.4 Å². The molecule has 2 rings (SSSR count). The molecule has 1 aromatic rings. The summed E-state index contributed by atoms with van der Waals surface area (Å²) in [5.74, 6) is 1.77. The van der Waals surface area contributed by atoms with Gasteiger partial charge in [0, 0.05) is 12.6 Å². The van der Waals surface area contributed by atoms with Crippen LogP contribution in [0.4, 0.5) is 0 Å². The minimum atomic E-state index is 0.444. The first-order chi connectivity index (χ1) is 10.0. The van der Waals surface area contributed by atoms with Gasteiger partial charge in [0.1, 0.15) is 0 Å². The van der Waals surface area contributed by atoms with E-state index in [2.05, 4.69) is 63.2 Å². The third-order valence-corrected chi connectivity index (χ3v) is 5.30. The Kier molecular flexibility index (Phi) is 5.83. The molecule has 0 saturated carbocycles. The lowest BCUT2D eigenvalue weighted by atomic mass is 9.86. The van der Waals surface area contributed by atoms with Crippen molar-refractivity contribution in [2.75, 3.05) is 26.7 Å². The van der Waals surface area contributed by atoms with E-state index in [0.717, 1.165) is 18.4 Å². The monoisotopic (exact) mass is 288 g/mol. The molecule has 1 atom stereocenters. The molecule has 0 aliphatic carbocycles. The molecule has 0 aromatic heterocycles. The van der Waals surface area contributed by atoms with E-state index >= 15 is 0 Å². The lowest BCUT2D eigenvalue weighted by Gasteiger charge is -2.36. The summed E-state index contributed by atoms with van der Waals surface area (Å²) in [4.78, 5) is 2.63. The summed E-state index contributed by atoms with van der Waals surface area (Å²) in [6.07, 6.45) is 2.72. The van der Waals surface area contributed by atoms with E-state index < -0.39 is 0 Å². The lowest BCUT2D eigenvalue weighted by Crippen LogP contribution is -2.40. The van der Waals surface area contributed by atoms with Gasteiger partial charge in [-0.15, -0.1) is 0 Å². The minimum Gasteiger partial charge on any atom is -0.312 e. The molecule has 0 bridgehead atoms. The number of nitrogens with one attached hydrogen (secondary N) is 1. The molecule has 1 aliphatic rings. The normalized spacial score (nSPS) is 19.1. The molecular formula is C19H32N2. The van der Waals surface area contributed by atoms with Gasteiger partial charge in [0.25, 0.3) is 0 Å². The highest BCUT2D eigenvalue weighted by molar-refractivity contribution is 5.31.